The van der Waals surface area contributed by atoms with E-state index in [9.17, 15) is 9.59 Å². The highest BCUT2D eigenvalue weighted by atomic mass is 16.6. The van der Waals surface area contributed by atoms with Crippen molar-refractivity contribution in [3.8, 4) is 0 Å². The Morgan fingerprint density at radius 1 is 1.05 bits per heavy atom. The average molecular weight is 272 g/mol. The number of carbonyl (C=O) groups is 2. The molecule has 0 fully saturated rings. The fraction of sp³-hybridized carbons (Fsp3) is 0.857. The molecule has 1 amide bonds. The van der Waals surface area contributed by atoms with Gasteiger partial charge in [0.15, 0.2) is 0 Å². The van der Waals surface area contributed by atoms with E-state index in [2.05, 4.69) is 5.32 Å². The lowest BCUT2D eigenvalue weighted by Gasteiger charge is -2.27. The Morgan fingerprint density at radius 3 is 1.84 bits per heavy atom. The summed E-state index contributed by atoms with van der Waals surface area (Å²) in [4.78, 5) is 24.0. The van der Waals surface area contributed by atoms with Gasteiger partial charge in [-0.15, -0.1) is 0 Å². The predicted molar refractivity (Wildman–Crippen MR) is 75.4 cm³/mol. The van der Waals surface area contributed by atoms with E-state index in [4.69, 9.17) is 10.5 Å². The van der Waals surface area contributed by atoms with Gasteiger partial charge in [0, 0.05) is 0 Å². The zero-order chi connectivity index (χ0) is 15.4. The monoisotopic (exact) mass is 272 g/mol. The summed E-state index contributed by atoms with van der Waals surface area (Å²) in [5.41, 5.74) is 5.20. The molecule has 0 aliphatic carbocycles. The van der Waals surface area contributed by atoms with Crippen LogP contribution in [0.2, 0.25) is 0 Å². The van der Waals surface area contributed by atoms with Crippen LogP contribution in [0.15, 0.2) is 0 Å². The lowest BCUT2D eigenvalue weighted by atomic mass is 10.0. The lowest BCUT2D eigenvalue weighted by molar-refractivity contribution is -0.160. The minimum Gasteiger partial charge on any atom is -0.458 e. The summed E-state index contributed by atoms with van der Waals surface area (Å²) in [5, 5.41) is 2.68. The summed E-state index contributed by atoms with van der Waals surface area (Å²) in [6.45, 7) is 12.8. The molecule has 19 heavy (non-hydrogen) atoms. The van der Waals surface area contributed by atoms with E-state index in [-0.39, 0.29) is 17.7 Å². The van der Waals surface area contributed by atoms with Crippen molar-refractivity contribution in [1.29, 1.82) is 0 Å². The SMILES string of the molecule is CC(C)[C@H](NC(=O)[C@H](N)C(C)C)C(=O)OC(C)(C)C. The molecule has 0 aromatic rings. The van der Waals surface area contributed by atoms with Crippen molar-refractivity contribution >= 4 is 11.9 Å². The summed E-state index contributed by atoms with van der Waals surface area (Å²) in [6.07, 6.45) is 0. The maximum Gasteiger partial charge on any atom is 0.329 e. The molecule has 2 atom stereocenters. The van der Waals surface area contributed by atoms with Gasteiger partial charge in [0.25, 0.3) is 0 Å². The van der Waals surface area contributed by atoms with Crippen LogP contribution in [0, 0.1) is 11.8 Å². The van der Waals surface area contributed by atoms with Crippen molar-refractivity contribution in [3.63, 3.8) is 0 Å². The maximum absolute atomic E-state index is 12.1. The molecule has 0 saturated heterocycles. The molecule has 0 unspecified atom stereocenters. The molecular weight excluding hydrogens is 244 g/mol. The number of nitrogens with two attached hydrogens (primary N) is 1. The number of ether oxygens (including phenoxy) is 1. The molecule has 112 valence electrons. The van der Waals surface area contributed by atoms with Crippen molar-refractivity contribution < 1.29 is 14.3 Å². The molecule has 0 rings (SSSR count). The largest absolute Gasteiger partial charge is 0.458 e. The van der Waals surface area contributed by atoms with Crippen molar-refractivity contribution in [2.24, 2.45) is 17.6 Å². The van der Waals surface area contributed by atoms with E-state index in [0.29, 0.717) is 0 Å². The van der Waals surface area contributed by atoms with E-state index in [1.807, 2.05) is 27.7 Å². The summed E-state index contributed by atoms with van der Waals surface area (Å²) < 4.78 is 5.31. The first kappa shape index (κ1) is 17.9. The number of esters is 1. The zero-order valence-electron chi connectivity index (χ0n) is 13.1. The van der Waals surface area contributed by atoms with E-state index in [1.165, 1.54) is 0 Å². The third-order valence-electron chi connectivity index (χ3n) is 2.65. The second-order valence-corrected chi connectivity index (χ2v) is 6.53. The molecule has 5 heteroatoms. The first-order valence-corrected chi connectivity index (χ1v) is 6.74. The van der Waals surface area contributed by atoms with Crippen LogP contribution in [-0.2, 0) is 14.3 Å². The number of amides is 1. The Bertz CT molecular complexity index is 319. The van der Waals surface area contributed by atoms with Crippen LogP contribution in [0.4, 0.5) is 0 Å². The highest BCUT2D eigenvalue weighted by molar-refractivity contribution is 5.87. The number of carbonyl (C=O) groups excluding carboxylic acids is 2. The second-order valence-electron chi connectivity index (χ2n) is 6.53. The Balaban J connectivity index is 4.76. The number of nitrogens with one attached hydrogen (secondary N) is 1. The topological polar surface area (TPSA) is 81.4 Å². The van der Waals surface area contributed by atoms with Crippen LogP contribution in [0.25, 0.3) is 0 Å². The summed E-state index contributed by atoms with van der Waals surface area (Å²) in [6, 6.07) is -1.29. The molecule has 0 spiro atoms. The van der Waals surface area contributed by atoms with Crippen molar-refractivity contribution in [2.75, 3.05) is 0 Å². The van der Waals surface area contributed by atoms with E-state index < -0.39 is 23.7 Å². The molecule has 0 aliphatic rings. The van der Waals surface area contributed by atoms with E-state index in [1.54, 1.807) is 20.8 Å². The molecule has 0 saturated carbocycles. The van der Waals surface area contributed by atoms with Crippen LogP contribution in [0.5, 0.6) is 0 Å². The summed E-state index contributed by atoms with van der Waals surface area (Å²) >= 11 is 0. The molecule has 0 aliphatic heterocycles. The van der Waals surface area contributed by atoms with Crippen molar-refractivity contribution in [3.05, 3.63) is 0 Å². The molecule has 5 nitrogen and oxygen atoms in total. The van der Waals surface area contributed by atoms with Crippen LogP contribution in [0.3, 0.4) is 0 Å². The first-order valence-electron chi connectivity index (χ1n) is 6.74. The molecule has 0 radical (unpaired) electrons. The maximum atomic E-state index is 12.1. The third-order valence-corrected chi connectivity index (χ3v) is 2.65. The molecular formula is C14H28N2O3. The Hall–Kier alpha value is -1.10. The van der Waals surface area contributed by atoms with Gasteiger partial charge in [-0.2, -0.15) is 0 Å². The Kier molecular flexibility index (Phi) is 6.49. The van der Waals surface area contributed by atoms with Crippen LogP contribution in [0.1, 0.15) is 48.5 Å². The molecule has 0 aromatic carbocycles. The highest BCUT2D eigenvalue weighted by Gasteiger charge is 2.31. The van der Waals surface area contributed by atoms with Crippen molar-refractivity contribution in [1.82, 2.24) is 5.32 Å². The molecule has 3 N–H and O–H groups in total. The molecule has 0 bridgehead atoms. The average Bonchev–Trinajstić information content (AvgIpc) is 2.20. The van der Waals surface area contributed by atoms with Gasteiger partial charge in [0.1, 0.15) is 11.6 Å². The van der Waals surface area contributed by atoms with Gasteiger partial charge in [-0.05, 0) is 32.6 Å². The van der Waals surface area contributed by atoms with E-state index >= 15 is 0 Å². The summed E-state index contributed by atoms with van der Waals surface area (Å²) in [5.74, 6) is -0.782. The second kappa shape index (κ2) is 6.89. The minimum absolute atomic E-state index is 0.0199. The number of hydrogen-bond acceptors (Lipinski definition) is 4. The zero-order valence-corrected chi connectivity index (χ0v) is 13.1. The fourth-order valence-corrected chi connectivity index (χ4v) is 1.42. The van der Waals surface area contributed by atoms with Gasteiger partial charge in [-0.3, -0.25) is 4.79 Å². The minimum atomic E-state index is -0.670. The van der Waals surface area contributed by atoms with Crippen LogP contribution in [-0.4, -0.2) is 29.6 Å². The van der Waals surface area contributed by atoms with Gasteiger partial charge in [-0.25, -0.2) is 4.79 Å². The highest BCUT2D eigenvalue weighted by Crippen LogP contribution is 2.12. The number of rotatable bonds is 5. The predicted octanol–water partition coefficient (Wildman–Crippen LogP) is 1.45. The number of hydrogen-bond donors (Lipinski definition) is 2. The molecule has 0 aromatic heterocycles. The van der Waals surface area contributed by atoms with Gasteiger partial charge < -0.3 is 15.8 Å². The normalized spacial score (nSPS) is 15.3. The third kappa shape index (κ3) is 6.57. The quantitative estimate of drug-likeness (QED) is 0.742. The smallest absolute Gasteiger partial charge is 0.329 e. The van der Waals surface area contributed by atoms with Crippen LogP contribution < -0.4 is 11.1 Å². The lowest BCUT2D eigenvalue weighted by Crippen LogP contribution is -2.53. The molecule has 0 heterocycles. The van der Waals surface area contributed by atoms with Crippen molar-refractivity contribution in [2.45, 2.75) is 66.2 Å². The Labute approximate surface area is 116 Å². The van der Waals surface area contributed by atoms with Gasteiger partial charge in [-0.1, -0.05) is 27.7 Å². The van der Waals surface area contributed by atoms with Gasteiger partial charge >= 0.3 is 5.97 Å². The first-order chi connectivity index (χ1) is 8.45. The van der Waals surface area contributed by atoms with E-state index in [0.717, 1.165) is 0 Å². The fourth-order valence-electron chi connectivity index (χ4n) is 1.42. The van der Waals surface area contributed by atoms with Crippen LogP contribution >= 0.6 is 0 Å². The Morgan fingerprint density at radius 2 is 1.53 bits per heavy atom. The summed E-state index contributed by atoms with van der Waals surface area (Å²) in [7, 11) is 0. The standard InChI is InChI=1S/C14H28N2O3/c1-8(2)10(15)12(17)16-11(9(3)4)13(18)19-14(5,6)7/h8-11H,15H2,1-7H3,(H,16,17)/t10-,11+/m1/s1. The van der Waals surface area contributed by atoms with Gasteiger partial charge in [0.2, 0.25) is 5.91 Å². The van der Waals surface area contributed by atoms with Gasteiger partial charge in [0.05, 0.1) is 6.04 Å².